The van der Waals surface area contributed by atoms with E-state index in [0.29, 0.717) is 12.0 Å². The fourth-order valence-electron chi connectivity index (χ4n) is 1.52. The first-order valence-electron chi connectivity index (χ1n) is 6.64. The van der Waals surface area contributed by atoms with E-state index in [4.69, 9.17) is 0 Å². The van der Waals surface area contributed by atoms with Crippen LogP contribution in [0, 0.1) is 5.82 Å². The highest BCUT2D eigenvalue weighted by Crippen LogP contribution is 2.04. The number of benzene rings is 1. The zero-order valence-electron chi connectivity index (χ0n) is 11.5. The van der Waals surface area contributed by atoms with E-state index in [9.17, 15) is 14.0 Å². The molecule has 2 amide bonds. The van der Waals surface area contributed by atoms with E-state index in [1.165, 1.54) is 24.3 Å². The predicted octanol–water partition coefficient (Wildman–Crippen LogP) is 2.57. The van der Waals surface area contributed by atoms with Gasteiger partial charge < -0.3 is 0 Å². The van der Waals surface area contributed by atoms with Crippen LogP contribution in [0.15, 0.2) is 30.3 Å². The number of rotatable bonds is 6. The second kappa shape index (κ2) is 8.85. The van der Waals surface area contributed by atoms with Crippen molar-refractivity contribution >= 4 is 17.9 Å². The Morgan fingerprint density at radius 2 is 1.85 bits per heavy atom. The van der Waals surface area contributed by atoms with Gasteiger partial charge in [0.15, 0.2) is 0 Å². The zero-order valence-corrected chi connectivity index (χ0v) is 11.5. The smallest absolute Gasteiger partial charge is 0.262 e. The van der Waals surface area contributed by atoms with Crippen LogP contribution in [0.4, 0.5) is 4.39 Å². The second-order valence-electron chi connectivity index (χ2n) is 4.38. The maximum Gasteiger partial charge on any atom is 0.262 e. The van der Waals surface area contributed by atoms with Gasteiger partial charge >= 0.3 is 0 Å². The molecule has 108 valence electrons. The fraction of sp³-hybridized carbons (Fsp3) is 0.333. The number of halogens is 1. The minimum Gasteiger partial charge on any atom is -0.273 e. The van der Waals surface area contributed by atoms with Crippen LogP contribution in [0.3, 0.4) is 0 Å². The monoisotopic (exact) mass is 278 g/mol. The minimum atomic E-state index is -0.432. The molecule has 0 aromatic heterocycles. The molecule has 1 rings (SSSR count). The van der Waals surface area contributed by atoms with Gasteiger partial charge in [-0.05, 0) is 30.2 Å². The van der Waals surface area contributed by atoms with E-state index in [2.05, 4.69) is 17.8 Å². The molecule has 0 fully saturated rings. The topological polar surface area (TPSA) is 58.2 Å². The Labute approximate surface area is 118 Å². The highest BCUT2D eigenvalue weighted by atomic mass is 19.1. The van der Waals surface area contributed by atoms with Crippen molar-refractivity contribution in [1.29, 1.82) is 0 Å². The van der Waals surface area contributed by atoms with Gasteiger partial charge in [0.1, 0.15) is 5.82 Å². The van der Waals surface area contributed by atoms with Gasteiger partial charge in [0.25, 0.3) is 5.91 Å². The Kier molecular flexibility index (Phi) is 7.03. The first kappa shape index (κ1) is 15.9. The molecule has 1 aromatic carbocycles. The molecular formula is C15H19FN2O2. The van der Waals surface area contributed by atoms with E-state index in [0.717, 1.165) is 19.3 Å². The van der Waals surface area contributed by atoms with Gasteiger partial charge in [-0.3, -0.25) is 20.4 Å². The largest absolute Gasteiger partial charge is 0.273 e. The Hall–Kier alpha value is -2.17. The average molecular weight is 278 g/mol. The molecule has 5 heteroatoms. The van der Waals surface area contributed by atoms with Gasteiger partial charge in [0.05, 0.1) is 0 Å². The van der Waals surface area contributed by atoms with Crippen molar-refractivity contribution in [3.63, 3.8) is 0 Å². The third kappa shape index (κ3) is 6.68. The fourth-order valence-corrected chi connectivity index (χ4v) is 1.52. The van der Waals surface area contributed by atoms with Gasteiger partial charge in [-0.2, -0.15) is 0 Å². The van der Waals surface area contributed by atoms with E-state index >= 15 is 0 Å². The van der Waals surface area contributed by atoms with Crippen molar-refractivity contribution in [3.05, 3.63) is 41.7 Å². The molecule has 4 nitrogen and oxygen atoms in total. The van der Waals surface area contributed by atoms with Gasteiger partial charge in [0, 0.05) is 12.5 Å². The summed E-state index contributed by atoms with van der Waals surface area (Å²) in [6, 6.07) is 5.74. The Bertz CT molecular complexity index is 469. The number of carbonyl (C=O) groups excluding carboxylic acids is 2. The molecule has 0 aliphatic carbocycles. The highest BCUT2D eigenvalue weighted by molar-refractivity contribution is 5.93. The lowest BCUT2D eigenvalue weighted by molar-refractivity contribution is -0.126. The maximum absolute atomic E-state index is 12.7. The molecule has 0 saturated heterocycles. The molecular weight excluding hydrogens is 259 g/mol. The molecule has 0 heterocycles. The van der Waals surface area contributed by atoms with Crippen LogP contribution in [0.1, 0.15) is 38.2 Å². The molecule has 1 aromatic rings. The average Bonchev–Trinajstić information content (AvgIpc) is 2.45. The summed E-state index contributed by atoms with van der Waals surface area (Å²) in [5.41, 5.74) is 5.33. The standard InChI is InChI=1S/C15H19FN2O2/c1-2-3-4-5-14(19)17-18-15(20)11-8-12-6-9-13(16)10-7-12/h6-11H,2-5H2,1H3,(H,17,19)(H,18,20). The van der Waals surface area contributed by atoms with Crippen LogP contribution in [0.5, 0.6) is 0 Å². The molecule has 0 aliphatic rings. The molecule has 0 atom stereocenters. The van der Waals surface area contributed by atoms with Crippen LogP contribution in [0.25, 0.3) is 6.08 Å². The zero-order chi connectivity index (χ0) is 14.8. The molecule has 0 saturated carbocycles. The van der Waals surface area contributed by atoms with Gasteiger partial charge in [-0.1, -0.05) is 31.9 Å². The second-order valence-corrected chi connectivity index (χ2v) is 4.38. The Morgan fingerprint density at radius 1 is 1.15 bits per heavy atom. The summed E-state index contributed by atoms with van der Waals surface area (Å²) in [5, 5.41) is 0. The molecule has 0 bridgehead atoms. The summed E-state index contributed by atoms with van der Waals surface area (Å²) >= 11 is 0. The van der Waals surface area contributed by atoms with Gasteiger partial charge in [-0.25, -0.2) is 4.39 Å². The molecule has 0 radical (unpaired) electrons. The van der Waals surface area contributed by atoms with Crippen LogP contribution in [-0.4, -0.2) is 11.8 Å². The van der Waals surface area contributed by atoms with Crippen molar-refractivity contribution in [3.8, 4) is 0 Å². The summed E-state index contributed by atoms with van der Waals surface area (Å²) in [6.07, 6.45) is 6.06. The first-order valence-corrected chi connectivity index (χ1v) is 6.64. The summed E-state index contributed by atoms with van der Waals surface area (Å²) in [5.74, 6) is -0.967. The molecule has 0 spiro atoms. The predicted molar refractivity (Wildman–Crippen MR) is 75.9 cm³/mol. The summed E-state index contributed by atoms with van der Waals surface area (Å²) in [6.45, 7) is 2.06. The lowest BCUT2D eigenvalue weighted by Gasteiger charge is -2.04. The van der Waals surface area contributed by atoms with Crippen molar-refractivity contribution in [2.45, 2.75) is 32.6 Å². The van der Waals surface area contributed by atoms with Crippen molar-refractivity contribution in [2.75, 3.05) is 0 Å². The highest BCUT2D eigenvalue weighted by Gasteiger charge is 2.01. The number of hydrogen-bond donors (Lipinski definition) is 2. The quantitative estimate of drug-likeness (QED) is 0.477. The number of nitrogens with one attached hydrogen (secondary N) is 2. The number of amides is 2. The van der Waals surface area contributed by atoms with Gasteiger partial charge in [-0.15, -0.1) is 0 Å². The molecule has 2 N–H and O–H groups in total. The summed E-state index contributed by atoms with van der Waals surface area (Å²) in [7, 11) is 0. The van der Waals surface area contributed by atoms with E-state index in [-0.39, 0.29) is 11.7 Å². The van der Waals surface area contributed by atoms with Gasteiger partial charge in [0.2, 0.25) is 5.91 Å². The van der Waals surface area contributed by atoms with Crippen molar-refractivity contribution in [2.24, 2.45) is 0 Å². The Morgan fingerprint density at radius 3 is 2.50 bits per heavy atom. The van der Waals surface area contributed by atoms with Crippen LogP contribution in [-0.2, 0) is 9.59 Å². The first-order chi connectivity index (χ1) is 9.61. The maximum atomic E-state index is 12.7. The molecule has 0 aliphatic heterocycles. The van der Waals surface area contributed by atoms with Crippen LogP contribution in [0.2, 0.25) is 0 Å². The third-order valence-corrected chi connectivity index (χ3v) is 2.63. The lowest BCUT2D eigenvalue weighted by atomic mass is 10.2. The lowest BCUT2D eigenvalue weighted by Crippen LogP contribution is -2.40. The summed E-state index contributed by atoms with van der Waals surface area (Å²) in [4.78, 5) is 22.8. The van der Waals surface area contributed by atoms with Crippen molar-refractivity contribution in [1.82, 2.24) is 10.9 Å². The van der Waals surface area contributed by atoms with E-state index in [1.807, 2.05) is 0 Å². The summed E-state index contributed by atoms with van der Waals surface area (Å²) < 4.78 is 12.7. The number of hydrogen-bond acceptors (Lipinski definition) is 2. The number of carbonyl (C=O) groups is 2. The van der Waals surface area contributed by atoms with Crippen LogP contribution >= 0.6 is 0 Å². The van der Waals surface area contributed by atoms with Crippen molar-refractivity contribution < 1.29 is 14.0 Å². The molecule has 20 heavy (non-hydrogen) atoms. The number of hydrazine groups is 1. The van der Waals surface area contributed by atoms with E-state index in [1.54, 1.807) is 12.1 Å². The minimum absolute atomic E-state index is 0.206. The SMILES string of the molecule is CCCCCC(=O)NNC(=O)C=Cc1ccc(F)cc1. The van der Waals surface area contributed by atoms with Crippen LogP contribution < -0.4 is 10.9 Å². The third-order valence-electron chi connectivity index (χ3n) is 2.63. The van der Waals surface area contributed by atoms with E-state index < -0.39 is 5.91 Å². The normalized spacial score (nSPS) is 10.5. The Balaban J connectivity index is 2.29. The number of unbranched alkanes of at least 4 members (excludes halogenated alkanes) is 2. The molecule has 0 unspecified atom stereocenters.